The number of amides is 1. The molecule has 1 amide bonds. The molecule has 2 rings (SSSR count). The smallest absolute Gasteiger partial charge is 0.247 e. The maximum Gasteiger partial charge on any atom is 0.247 e. The van der Waals surface area contributed by atoms with Gasteiger partial charge in [0.05, 0.1) is 0 Å². The summed E-state index contributed by atoms with van der Waals surface area (Å²) in [4.78, 5) is 15.3. The first kappa shape index (κ1) is 14.5. The van der Waals surface area contributed by atoms with Crippen LogP contribution < -0.4 is 0 Å². The van der Waals surface area contributed by atoms with Gasteiger partial charge in [-0.25, -0.2) is 0 Å². The molecule has 0 spiro atoms. The van der Waals surface area contributed by atoms with E-state index < -0.39 is 0 Å². The second kappa shape index (κ2) is 7.06. The number of hydrogen-bond acceptors (Lipinski definition) is 2. The Bertz CT molecular complexity index is 558. The third kappa shape index (κ3) is 4.07. The zero-order valence-corrected chi connectivity index (χ0v) is 12.6. The predicted octanol–water partition coefficient (Wildman–Crippen LogP) is 4.20. The summed E-state index contributed by atoms with van der Waals surface area (Å²) >= 11 is 1.63. The van der Waals surface area contributed by atoms with E-state index >= 15 is 0 Å². The molecule has 0 aliphatic carbocycles. The molecule has 1 heterocycles. The number of rotatable bonds is 5. The van der Waals surface area contributed by atoms with Gasteiger partial charge in [0.15, 0.2) is 0 Å². The van der Waals surface area contributed by atoms with Crippen LogP contribution in [-0.4, -0.2) is 16.8 Å². The lowest BCUT2D eigenvalue weighted by Gasteiger charge is -2.25. The van der Waals surface area contributed by atoms with Crippen LogP contribution in [0.15, 0.2) is 53.9 Å². The van der Waals surface area contributed by atoms with Gasteiger partial charge in [-0.2, -0.15) is 0 Å². The van der Waals surface area contributed by atoms with Crippen LogP contribution >= 0.6 is 11.3 Å². The standard InChI is InChI=1S/C17H19NOS/c1-14(2)18(13-15-7-4-3-5-8-15)17(19)11-10-16-9-6-12-20-16/h3-12,14H,13H2,1-2H3/b11-10+. The van der Waals surface area contributed by atoms with Gasteiger partial charge in [0.1, 0.15) is 0 Å². The predicted molar refractivity (Wildman–Crippen MR) is 85.5 cm³/mol. The van der Waals surface area contributed by atoms with E-state index in [9.17, 15) is 4.79 Å². The minimum Gasteiger partial charge on any atom is -0.332 e. The van der Waals surface area contributed by atoms with E-state index in [4.69, 9.17) is 0 Å². The van der Waals surface area contributed by atoms with Crippen molar-refractivity contribution in [2.24, 2.45) is 0 Å². The number of carbonyl (C=O) groups excluding carboxylic acids is 1. The van der Waals surface area contributed by atoms with Crippen LogP contribution in [0.2, 0.25) is 0 Å². The molecule has 1 aromatic carbocycles. The van der Waals surface area contributed by atoms with Gasteiger partial charge in [0, 0.05) is 23.5 Å². The molecular formula is C17H19NOS. The van der Waals surface area contributed by atoms with E-state index in [1.54, 1.807) is 17.4 Å². The van der Waals surface area contributed by atoms with Gasteiger partial charge >= 0.3 is 0 Å². The molecule has 3 heteroatoms. The van der Waals surface area contributed by atoms with Crippen molar-refractivity contribution in [2.45, 2.75) is 26.4 Å². The molecule has 0 radical (unpaired) electrons. The summed E-state index contributed by atoms with van der Waals surface area (Å²) in [6.45, 7) is 4.73. The minimum absolute atomic E-state index is 0.0530. The van der Waals surface area contributed by atoms with Gasteiger partial charge in [-0.1, -0.05) is 36.4 Å². The molecule has 2 aromatic rings. The maximum atomic E-state index is 12.3. The molecule has 0 aliphatic rings. The van der Waals surface area contributed by atoms with Crippen LogP contribution in [0.25, 0.3) is 6.08 Å². The zero-order valence-electron chi connectivity index (χ0n) is 11.8. The van der Waals surface area contributed by atoms with Crippen molar-refractivity contribution in [3.63, 3.8) is 0 Å². The molecule has 2 nitrogen and oxygen atoms in total. The third-order valence-corrected chi connectivity index (χ3v) is 3.87. The zero-order chi connectivity index (χ0) is 14.4. The molecule has 0 aliphatic heterocycles. The topological polar surface area (TPSA) is 20.3 Å². The summed E-state index contributed by atoms with van der Waals surface area (Å²) in [5.41, 5.74) is 1.15. The van der Waals surface area contributed by atoms with Crippen molar-refractivity contribution in [3.05, 3.63) is 64.4 Å². The molecule has 1 aromatic heterocycles. The van der Waals surface area contributed by atoms with Gasteiger partial charge in [-0.15, -0.1) is 11.3 Å². The van der Waals surface area contributed by atoms with Gasteiger partial charge < -0.3 is 4.90 Å². The highest BCUT2D eigenvalue weighted by Crippen LogP contribution is 2.13. The van der Waals surface area contributed by atoms with Crippen molar-refractivity contribution in [1.82, 2.24) is 4.90 Å². The summed E-state index contributed by atoms with van der Waals surface area (Å²) < 4.78 is 0. The Morgan fingerprint density at radius 2 is 1.95 bits per heavy atom. The SMILES string of the molecule is CC(C)N(Cc1ccccc1)C(=O)/C=C/c1cccs1. The molecule has 0 saturated heterocycles. The molecule has 20 heavy (non-hydrogen) atoms. The number of nitrogens with zero attached hydrogens (tertiary/aromatic N) is 1. The maximum absolute atomic E-state index is 12.3. The van der Waals surface area contributed by atoms with Gasteiger partial charge in [0.2, 0.25) is 5.91 Å². The Labute approximate surface area is 124 Å². The lowest BCUT2D eigenvalue weighted by molar-refractivity contribution is -0.128. The van der Waals surface area contributed by atoms with Crippen molar-refractivity contribution >= 4 is 23.3 Å². The van der Waals surface area contributed by atoms with Crippen LogP contribution in [0.1, 0.15) is 24.3 Å². The van der Waals surface area contributed by atoms with Crippen molar-refractivity contribution < 1.29 is 4.79 Å². The largest absolute Gasteiger partial charge is 0.332 e. The minimum atomic E-state index is 0.0530. The van der Waals surface area contributed by atoms with Gasteiger partial charge in [0.25, 0.3) is 0 Å². The average molecular weight is 285 g/mol. The number of carbonyl (C=O) groups is 1. The van der Waals surface area contributed by atoms with E-state index in [1.165, 1.54) is 0 Å². The molecule has 104 valence electrons. The van der Waals surface area contributed by atoms with E-state index in [-0.39, 0.29) is 11.9 Å². The van der Waals surface area contributed by atoms with Crippen molar-refractivity contribution in [1.29, 1.82) is 0 Å². The van der Waals surface area contributed by atoms with E-state index in [2.05, 4.69) is 0 Å². The molecule has 0 atom stereocenters. The quantitative estimate of drug-likeness (QED) is 0.754. The second-order valence-corrected chi connectivity index (χ2v) is 5.87. The molecule has 0 fully saturated rings. The first-order valence-corrected chi connectivity index (χ1v) is 7.61. The lowest BCUT2D eigenvalue weighted by Crippen LogP contribution is -2.35. The Kier molecular flexibility index (Phi) is 5.13. The number of hydrogen-bond donors (Lipinski definition) is 0. The highest BCUT2D eigenvalue weighted by molar-refractivity contribution is 7.10. The molecular weight excluding hydrogens is 266 g/mol. The Hall–Kier alpha value is -1.87. The molecule has 0 unspecified atom stereocenters. The lowest BCUT2D eigenvalue weighted by atomic mass is 10.2. The highest BCUT2D eigenvalue weighted by atomic mass is 32.1. The fourth-order valence-electron chi connectivity index (χ4n) is 1.93. The van der Waals surface area contributed by atoms with E-state index in [0.717, 1.165) is 10.4 Å². The van der Waals surface area contributed by atoms with E-state index in [1.807, 2.05) is 72.7 Å². The summed E-state index contributed by atoms with van der Waals surface area (Å²) in [6, 6.07) is 14.2. The van der Waals surface area contributed by atoms with E-state index in [0.29, 0.717) is 6.54 Å². The fourth-order valence-corrected chi connectivity index (χ4v) is 2.55. The molecule has 0 bridgehead atoms. The number of thiophene rings is 1. The van der Waals surface area contributed by atoms with Crippen LogP contribution in [0.3, 0.4) is 0 Å². The van der Waals surface area contributed by atoms with Crippen molar-refractivity contribution in [2.75, 3.05) is 0 Å². The normalized spacial score (nSPS) is 11.2. The van der Waals surface area contributed by atoms with Crippen LogP contribution in [0, 0.1) is 0 Å². The Morgan fingerprint density at radius 3 is 2.55 bits per heavy atom. The van der Waals surface area contributed by atoms with Crippen molar-refractivity contribution in [3.8, 4) is 0 Å². The highest BCUT2D eigenvalue weighted by Gasteiger charge is 2.14. The van der Waals surface area contributed by atoms with Gasteiger partial charge in [-0.3, -0.25) is 4.79 Å². The summed E-state index contributed by atoms with van der Waals surface area (Å²) in [5, 5.41) is 2.01. The second-order valence-electron chi connectivity index (χ2n) is 4.89. The Balaban J connectivity index is 2.06. The van der Waals surface area contributed by atoms with Crippen LogP contribution in [0.4, 0.5) is 0 Å². The van der Waals surface area contributed by atoms with Crippen LogP contribution in [-0.2, 0) is 11.3 Å². The third-order valence-electron chi connectivity index (χ3n) is 3.04. The summed E-state index contributed by atoms with van der Waals surface area (Å²) in [5.74, 6) is 0.0530. The molecule has 0 saturated carbocycles. The summed E-state index contributed by atoms with van der Waals surface area (Å²) in [6.07, 6.45) is 3.54. The number of benzene rings is 1. The Morgan fingerprint density at radius 1 is 1.20 bits per heavy atom. The monoisotopic (exact) mass is 285 g/mol. The summed E-state index contributed by atoms with van der Waals surface area (Å²) in [7, 11) is 0. The molecule has 0 N–H and O–H groups in total. The van der Waals surface area contributed by atoms with Crippen LogP contribution in [0.5, 0.6) is 0 Å². The first-order valence-electron chi connectivity index (χ1n) is 6.73. The fraction of sp³-hybridized carbons (Fsp3) is 0.235. The first-order chi connectivity index (χ1) is 9.66. The van der Waals surface area contributed by atoms with Gasteiger partial charge in [-0.05, 0) is 36.9 Å². The average Bonchev–Trinajstić information content (AvgIpc) is 2.96.